The molecule has 4 aliphatic rings. The lowest BCUT2D eigenvalue weighted by Gasteiger charge is -2.44. The van der Waals surface area contributed by atoms with Crippen molar-refractivity contribution in [3.05, 3.63) is 160 Å². The molecule has 1 radical (unpaired) electrons. The largest absolute Gasteiger partial charge is 0.355 e. The molecule has 4 heteroatoms. The molecule has 2 nitrogen and oxygen atoms in total. The van der Waals surface area contributed by atoms with Crippen molar-refractivity contribution in [3.63, 3.8) is 0 Å². The SMILES string of the molecule is Cc1ccccc1-c1cc(-c2cc3c(cc2Nc2ccc4c(c2)C(C)(C)CCC4(C)C)C(C)(C)CCC3(C)C)c2c(c1)N(c1cc3c(cc1C)C(C)(C)CCC3(C)C)c1c(ccc3sc4ccccc4c13)[B]2. The van der Waals surface area contributed by atoms with E-state index >= 15 is 0 Å². The van der Waals surface area contributed by atoms with E-state index in [-0.39, 0.29) is 32.5 Å². The number of hydrogen-bond acceptors (Lipinski definition) is 3. The van der Waals surface area contributed by atoms with Gasteiger partial charge in [0, 0.05) is 54.2 Å². The van der Waals surface area contributed by atoms with E-state index in [1.165, 1.54) is 140 Å². The number of thiophene rings is 1. The minimum atomic E-state index is 0.0159. The van der Waals surface area contributed by atoms with Crippen molar-refractivity contribution in [2.75, 3.05) is 10.2 Å². The van der Waals surface area contributed by atoms with E-state index in [0.29, 0.717) is 0 Å². The van der Waals surface area contributed by atoms with Crippen LogP contribution < -0.4 is 21.1 Å². The first-order valence-electron chi connectivity index (χ1n) is 27.0. The van der Waals surface area contributed by atoms with E-state index in [1.54, 1.807) is 0 Å². The lowest BCUT2D eigenvalue weighted by Crippen LogP contribution is -2.42. The Morgan fingerprint density at radius 1 is 0.458 bits per heavy atom. The molecular formula is C68H74BN2S. The zero-order chi connectivity index (χ0) is 50.7. The molecule has 365 valence electrons. The first-order valence-corrected chi connectivity index (χ1v) is 27.9. The smallest absolute Gasteiger partial charge is 0.197 e. The molecule has 8 aromatic rings. The van der Waals surface area contributed by atoms with E-state index in [1.807, 2.05) is 11.3 Å². The second kappa shape index (κ2) is 16.0. The van der Waals surface area contributed by atoms with Crippen molar-refractivity contribution in [1.29, 1.82) is 0 Å². The normalized spacial score (nSPS) is 19.4. The van der Waals surface area contributed by atoms with Crippen molar-refractivity contribution < 1.29 is 0 Å². The van der Waals surface area contributed by atoms with Gasteiger partial charge in [-0.1, -0.05) is 149 Å². The number of nitrogens with zero attached hydrogens (tertiary/aromatic N) is 1. The van der Waals surface area contributed by atoms with Crippen molar-refractivity contribution in [1.82, 2.24) is 0 Å². The van der Waals surface area contributed by atoms with E-state index in [0.717, 1.165) is 24.9 Å². The molecule has 1 N–H and O–H groups in total. The summed E-state index contributed by atoms with van der Waals surface area (Å²) < 4.78 is 2.65. The Balaban J connectivity index is 1.19. The van der Waals surface area contributed by atoms with Gasteiger partial charge in [-0.2, -0.15) is 0 Å². The average molecular weight is 962 g/mol. The first-order chi connectivity index (χ1) is 33.9. The number of fused-ring (bicyclic) bond motifs is 9. The number of nitrogens with one attached hydrogen (secondary N) is 1. The fourth-order valence-corrected chi connectivity index (χ4v) is 14.8. The lowest BCUT2D eigenvalue weighted by molar-refractivity contribution is 0.332. The Bertz CT molecular complexity index is 3570. The van der Waals surface area contributed by atoms with Crippen molar-refractivity contribution in [3.8, 4) is 22.3 Å². The van der Waals surface area contributed by atoms with Gasteiger partial charge in [0.15, 0.2) is 7.28 Å². The van der Waals surface area contributed by atoms with E-state index in [9.17, 15) is 0 Å². The van der Waals surface area contributed by atoms with Crippen molar-refractivity contribution in [2.24, 2.45) is 0 Å². The summed E-state index contributed by atoms with van der Waals surface area (Å²) in [7, 11) is 2.55. The number of benzene rings is 7. The zero-order valence-corrected chi connectivity index (χ0v) is 46.5. The van der Waals surface area contributed by atoms with Crippen LogP contribution in [0.3, 0.4) is 0 Å². The maximum absolute atomic E-state index is 4.22. The van der Waals surface area contributed by atoms with Crippen LogP contribution in [0.1, 0.15) is 166 Å². The second-order valence-electron chi connectivity index (χ2n) is 26.5. The molecule has 72 heavy (non-hydrogen) atoms. The molecule has 0 saturated heterocycles. The van der Waals surface area contributed by atoms with Gasteiger partial charge in [-0.15, -0.1) is 11.3 Å². The molecule has 0 bridgehead atoms. The molecule has 1 aromatic heterocycles. The summed E-state index contributed by atoms with van der Waals surface area (Å²) in [4.78, 5) is 2.72. The van der Waals surface area contributed by atoms with Crippen LogP contribution in [0.4, 0.5) is 28.4 Å². The summed E-state index contributed by atoms with van der Waals surface area (Å²) in [6, 6.07) is 45.6. The molecule has 12 rings (SSSR count). The molecule has 0 spiro atoms. The number of aryl methyl sites for hydroxylation is 2. The third-order valence-electron chi connectivity index (χ3n) is 18.7. The van der Waals surface area contributed by atoms with Crippen LogP contribution >= 0.6 is 11.3 Å². The van der Waals surface area contributed by atoms with Gasteiger partial charge in [0.1, 0.15) is 0 Å². The molecular weight excluding hydrogens is 888 g/mol. The van der Waals surface area contributed by atoms with Gasteiger partial charge >= 0.3 is 0 Å². The topological polar surface area (TPSA) is 15.3 Å². The monoisotopic (exact) mass is 962 g/mol. The molecule has 0 fully saturated rings. The van der Waals surface area contributed by atoms with Gasteiger partial charge in [-0.05, 0) is 206 Å². The van der Waals surface area contributed by atoms with Crippen molar-refractivity contribution >= 4 is 78.2 Å². The van der Waals surface area contributed by atoms with Crippen LogP contribution in [-0.2, 0) is 32.5 Å². The Hall–Kier alpha value is -5.58. The van der Waals surface area contributed by atoms with Gasteiger partial charge in [0.25, 0.3) is 0 Å². The first kappa shape index (κ1) is 47.4. The second-order valence-corrected chi connectivity index (χ2v) is 27.6. The minimum absolute atomic E-state index is 0.0159. The Labute approximate surface area is 435 Å². The van der Waals surface area contributed by atoms with Crippen LogP contribution in [0.25, 0.3) is 42.4 Å². The van der Waals surface area contributed by atoms with E-state index in [2.05, 4.69) is 230 Å². The number of anilines is 5. The summed E-state index contributed by atoms with van der Waals surface area (Å²) in [6.07, 6.45) is 7.05. The summed E-state index contributed by atoms with van der Waals surface area (Å²) in [5.74, 6) is 0. The fraction of sp³-hybridized carbons (Fsp3) is 0.382. The molecule has 0 amide bonds. The lowest BCUT2D eigenvalue weighted by atomic mass is 9.57. The highest BCUT2D eigenvalue weighted by molar-refractivity contribution is 7.26. The quantitative estimate of drug-likeness (QED) is 0.173. The third-order valence-corrected chi connectivity index (χ3v) is 19.9. The molecule has 0 saturated carbocycles. The third kappa shape index (κ3) is 7.38. The predicted molar refractivity (Wildman–Crippen MR) is 315 cm³/mol. The van der Waals surface area contributed by atoms with Gasteiger partial charge in [0.2, 0.25) is 0 Å². The highest BCUT2D eigenvalue weighted by Gasteiger charge is 2.42. The number of rotatable bonds is 5. The van der Waals surface area contributed by atoms with E-state index < -0.39 is 0 Å². The van der Waals surface area contributed by atoms with Crippen LogP contribution in [-0.4, -0.2) is 7.28 Å². The van der Waals surface area contributed by atoms with E-state index in [4.69, 9.17) is 0 Å². The van der Waals surface area contributed by atoms with Crippen molar-refractivity contribution in [2.45, 2.75) is 168 Å². The highest BCUT2D eigenvalue weighted by atomic mass is 32.1. The number of hydrogen-bond donors (Lipinski definition) is 1. The Morgan fingerprint density at radius 3 is 1.69 bits per heavy atom. The maximum atomic E-state index is 4.22. The van der Waals surface area contributed by atoms with Crippen LogP contribution in [0.15, 0.2) is 115 Å². The zero-order valence-electron chi connectivity index (χ0n) is 45.6. The Kier molecular flexibility index (Phi) is 10.5. The summed E-state index contributed by atoms with van der Waals surface area (Å²) in [6.45, 7) is 34.2. The standard InChI is InChI=1S/C68H74BN2S/c1-40-19-15-16-20-44(40)42-34-47(46-37-51-52(67(11,12)31-30-66(51,9)10)38-55(46)70-43-23-24-48-50(36-43)65(7,8)28-27-63(48,3)4)61-57(35-42)71(56-39-53-49(33-41(56)2)64(5,6)29-32-68(53,13)14)62-54(69-61)25-26-59-60(62)45-21-17-18-22-58(45)72-59/h15-26,33-39,70H,27-32H2,1-14H3. The van der Waals surface area contributed by atoms with Crippen LogP contribution in [0.5, 0.6) is 0 Å². The highest BCUT2D eigenvalue weighted by Crippen LogP contribution is 2.55. The molecule has 0 atom stereocenters. The summed E-state index contributed by atoms with van der Waals surface area (Å²) >= 11 is 1.92. The molecule has 2 heterocycles. The van der Waals surface area contributed by atoms with Gasteiger partial charge in [0.05, 0.1) is 0 Å². The summed E-state index contributed by atoms with van der Waals surface area (Å²) in [5.41, 5.74) is 25.6. The average Bonchev–Trinajstić information content (AvgIpc) is 3.72. The molecule has 0 unspecified atom stereocenters. The minimum Gasteiger partial charge on any atom is -0.355 e. The van der Waals surface area contributed by atoms with Crippen LogP contribution in [0.2, 0.25) is 0 Å². The maximum Gasteiger partial charge on any atom is 0.197 e. The summed E-state index contributed by atoms with van der Waals surface area (Å²) in [5, 5.41) is 6.88. The predicted octanol–water partition coefficient (Wildman–Crippen LogP) is 18.2. The molecule has 1 aliphatic heterocycles. The Morgan fingerprint density at radius 2 is 1.03 bits per heavy atom. The van der Waals surface area contributed by atoms with Gasteiger partial charge in [-0.3, -0.25) is 0 Å². The van der Waals surface area contributed by atoms with Crippen LogP contribution in [0, 0.1) is 13.8 Å². The van der Waals surface area contributed by atoms with Gasteiger partial charge < -0.3 is 10.2 Å². The fourth-order valence-electron chi connectivity index (χ4n) is 13.7. The van der Waals surface area contributed by atoms with Gasteiger partial charge in [-0.25, -0.2) is 0 Å². The molecule has 7 aromatic carbocycles. The molecule has 3 aliphatic carbocycles.